The van der Waals surface area contributed by atoms with Gasteiger partial charge in [0.15, 0.2) is 6.61 Å². The van der Waals surface area contributed by atoms with Crippen molar-refractivity contribution in [2.45, 2.75) is 24.8 Å². The summed E-state index contributed by atoms with van der Waals surface area (Å²) in [5, 5.41) is 0. The minimum atomic E-state index is -3.95. The summed E-state index contributed by atoms with van der Waals surface area (Å²) in [7, 11) is -2.35. The van der Waals surface area contributed by atoms with Crippen molar-refractivity contribution >= 4 is 38.9 Å². The van der Waals surface area contributed by atoms with Gasteiger partial charge in [0.25, 0.3) is 15.9 Å². The number of sulfonamides is 1. The zero-order valence-electron chi connectivity index (χ0n) is 16.7. The van der Waals surface area contributed by atoms with Crippen LogP contribution < -0.4 is 24.0 Å². The van der Waals surface area contributed by atoms with Gasteiger partial charge in [0.05, 0.1) is 28.5 Å². The standard InChI is InChI=1S/C20H21N3O6S/c1-12-10-23(13(2)24)17-9-15(5-7-19(17)29-12)30(26,27)21-14-4-6-18-16(8-14)22(3)20(25)11-28-18/h4-9,12,21H,10-11H2,1-3H3. The normalized spacial score (nSPS) is 18.1. The summed E-state index contributed by atoms with van der Waals surface area (Å²) in [6.07, 6.45) is -0.195. The molecule has 2 aromatic carbocycles. The average Bonchev–Trinajstić information content (AvgIpc) is 2.69. The summed E-state index contributed by atoms with van der Waals surface area (Å²) >= 11 is 0. The first-order chi connectivity index (χ1) is 14.2. The molecule has 9 nitrogen and oxygen atoms in total. The van der Waals surface area contributed by atoms with E-state index in [0.29, 0.717) is 29.4 Å². The number of ether oxygens (including phenoxy) is 2. The van der Waals surface area contributed by atoms with Crippen LogP contribution >= 0.6 is 0 Å². The fourth-order valence-corrected chi connectivity index (χ4v) is 4.50. The topological polar surface area (TPSA) is 105 Å². The van der Waals surface area contributed by atoms with E-state index in [-0.39, 0.29) is 35.1 Å². The van der Waals surface area contributed by atoms with Gasteiger partial charge in [0.1, 0.15) is 17.6 Å². The summed E-state index contributed by atoms with van der Waals surface area (Å²) in [6.45, 7) is 3.54. The second kappa shape index (κ2) is 7.21. The Kier molecular flexibility index (Phi) is 4.81. The van der Waals surface area contributed by atoms with Crippen molar-refractivity contribution in [3.63, 3.8) is 0 Å². The molecule has 0 bridgehead atoms. The van der Waals surface area contributed by atoms with Gasteiger partial charge < -0.3 is 19.3 Å². The highest BCUT2D eigenvalue weighted by molar-refractivity contribution is 7.92. The van der Waals surface area contributed by atoms with Gasteiger partial charge in [0, 0.05) is 14.0 Å². The Morgan fingerprint density at radius 3 is 2.60 bits per heavy atom. The molecule has 1 atom stereocenters. The Labute approximate surface area is 174 Å². The molecule has 2 aromatic rings. The van der Waals surface area contributed by atoms with Crippen molar-refractivity contribution in [1.29, 1.82) is 0 Å². The first kappa shape index (κ1) is 20.0. The van der Waals surface area contributed by atoms with E-state index in [1.807, 2.05) is 6.92 Å². The van der Waals surface area contributed by atoms with Gasteiger partial charge in [-0.05, 0) is 43.3 Å². The van der Waals surface area contributed by atoms with Crippen LogP contribution in [0, 0.1) is 0 Å². The van der Waals surface area contributed by atoms with Gasteiger partial charge in [-0.1, -0.05) is 0 Å². The number of nitrogens with one attached hydrogen (secondary N) is 1. The Morgan fingerprint density at radius 2 is 1.87 bits per heavy atom. The number of hydrogen-bond acceptors (Lipinski definition) is 6. The highest BCUT2D eigenvalue weighted by Crippen LogP contribution is 2.37. The third-order valence-corrected chi connectivity index (χ3v) is 6.36. The number of amides is 2. The van der Waals surface area contributed by atoms with Crippen LogP contribution in [0.5, 0.6) is 11.5 Å². The van der Waals surface area contributed by atoms with Gasteiger partial charge in [-0.15, -0.1) is 0 Å². The quantitative estimate of drug-likeness (QED) is 0.797. The Bertz CT molecular complexity index is 1150. The summed E-state index contributed by atoms with van der Waals surface area (Å²) in [5.41, 5.74) is 1.17. The second-order valence-corrected chi connectivity index (χ2v) is 8.90. The number of anilines is 3. The predicted molar refractivity (Wildman–Crippen MR) is 111 cm³/mol. The van der Waals surface area contributed by atoms with Crippen LogP contribution in [0.2, 0.25) is 0 Å². The van der Waals surface area contributed by atoms with Crippen molar-refractivity contribution in [3.05, 3.63) is 36.4 Å². The number of fused-ring (bicyclic) bond motifs is 2. The van der Waals surface area contributed by atoms with E-state index in [0.717, 1.165) is 0 Å². The second-order valence-electron chi connectivity index (χ2n) is 7.22. The first-order valence-electron chi connectivity index (χ1n) is 9.31. The third-order valence-electron chi connectivity index (χ3n) is 4.98. The molecule has 0 spiro atoms. The van der Waals surface area contributed by atoms with E-state index in [4.69, 9.17) is 9.47 Å². The van der Waals surface area contributed by atoms with Crippen molar-refractivity contribution in [2.24, 2.45) is 0 Å². The van der Waals surface area contributed by atoms with Gasteiger partial charge in [0.2, 0.25) is 5.91 Å². The molecule has 30 heavy (non-hydrogen) atoms. The number of nitrogens with zero attached hydrogens (tertiary/aromatic N) is 2. The van der Waals surface area contributed by atoms with Crippen LogP contribution in [0.1, 0.15) is 13.8 Å². The molecular weight excluding hydrogens is 410 g/mol. The summed E-state index contributed by atoms with van der Waals surface area (Å²) < 4.78 is 39.5. The highest BCUT2D eigenvalue weighted by atomic mass is 32.2. The number of carbonyl (C=O) groups excluding carboxylic acids is 2. The summed E-state index contributed by atoms with van der Waals surface area (Å²) in [4.78, 5) is 26.8. The van der Waals surface area contributed by atoms with Crippen molar-refractivity contribution in [2.75, 3.05) is 34.7 Å². The van der Waals surface area contributed by atoms with Gasteiger partial charge in [-0.3, -0.25) is 14.3 Å². The summed E-state index contributed by atoms with van der Waals surface area (Å²) in [6, 6.07) is 9.09. The fraction of sp³-hybridized carbons (Fsp3) is 0.300. The van der Waals surface area contributed by atoms with Crippen molar-refractivity contribution in [1.82, 2.24) is 0 Å². The van der Waals surface area contributed by atoms with Crippen LogP contribution in [-0.2, 0) is 19.6 Å². The number of hydrogen-bond donors (Lipinski definition) is 1. The molecule has 0 saturated heterocycles. The molecule has 1 unspecified atom stereocenters. The molecule has 0 saturated carbocycles. The van der Waals surface area contributed by atoms with E-state index < -0.39 is 10.0 Å². The maximum Gasteiger partial charge on any atom is 0.264 e. The molecule has 0 fully saturated rings. The van der Waals surface area contributed by atoms with E-state index in [9.17, 15) is 18.0 Å². The molecular formula is C20H21N3O6S. The van der Waals surface area contributed by atoms with Crippen LogP contribution in [0.25, 0.3) is 0 Å². The molecule has 4 rings (SSSR count). The molecule has 0 radical (unpaired) electrons. The number of benzene rings is 2. The molecule has 2 aliphatic heterocycles. The van der Waals surface area contributed by atoms with Gasteiger partial charge in [-0.25, -0.2) is 8.42 Å². The lowest BCUT2D eigenvalue weighted by atomic mass is 10.2. The molecule has 10 heteroatoms. The van der Waals surface area contributed by atoms with Crippen LogP contribution in [0.15, 0.2) is 41.3 Å². The van der Waals surface area contributed by atoms with E-state index in [1.54, 1.807) is 25.2 Å². The van der Waals surface area contributed by atoms with Crippen LogP contribution in [0.4, 0.5) is 17.1 Å². The molecule has 1 N–H and O–H groups in total. The van der Waals surface area contributed by atoms with Crippen LogP contribution in [-0.4, -0.2) is 46.5 Å². The zero-order valence-corrected chi connectivity index (χ0v) is 17.5. The molecule has 2 aliphatic rings. The average molecular weight is 431 g/mol. The maximum atomic E-state index is 13.0. The molecule has 0 aromatic heterocycles. The Hall–Kier alpha value is -3.27. The molecule has 2 amide bonds. The van der Waals surface area contributed by atoms with Gasteiger partial charge >= 0.3 is 0 Å². The summed E-state index contributed by atoms with van der Waals surface area (Å²) in [5.74, 6) is 0.526. The first-order valence-corrected chi connectivity index (χ1v) is 10.8. The third kappa shape index (κ3) is 3.54. The minimum absolute atomic E-state index is 0.0101. The lowest BCUT2D eigenvalue weighted by Crippen LogP contribution is -2.41. The molecule has 2 heterocycles. The predicted octanol–water partition coefficient (Wildman–Crippen LogP) is 1.98. The number of carbonyl (C=O) groups is 2. The van der Waals surface area contributed by atoms with E-state index in [1.165, 1.54) is 34.9 Å². The largest absolute Gasteiger partial charge is 0.487 e. The van der Waals surface area contributed by atoms with Crippen LogP contribution in [0.3, 0.4) is 0 Å². The minimum Gasteiger partial charge on any atom is -0.487 e. The van der Waals surface area contributed by atoms with E-state index >= 15 is 0 Å². The number of likely N-dealkylation sites (N-methyl/N-ethyl adjacent to an activating group) is 1. The van der Waals surface area contributed by atoms with Gasteiger partial charge in [-0.2, -0.15) is 0 Å². The lowest BCUT2D eigenvalue weighted by molar-refractivity contribution is -0.121. The SMILES string of the molecule is CC(=O)N1CC(C)Oc2ccc(S(=O)(=O)Nc3ccc4c(c3)N(C)C(=O)CO4)cc21. The zero-order chi connectivity index (χ0) is 21.6. The fourth-order valence-electron chi connectivity index (χ4n) is 3.43. The molecule has 0 aliphatic carbocycles. The van der Waals surface area contributed by atoms with E-state index in [2.05, 4.69) is 4.72 Å². The highest BCUT2D eigenvalue weighted by Gasteiger charge is 2.28. The lowest BCUT2D eigenvalue weighted by Gasteiger charge is -2.33. The maximum absolute atomic E-state index is 13.0. The Morgan fingerprint density at radius 1 is 1.13 bits per heavy atom. The van der Waals surface area contributed by atoms with Crippen molar-refractivity contribution in [3.8, 4) is 11.5 Å². The van der Waals surface area contributed by atoms with Crippen molar-refractivity contribution < 1.29 is 27.5 Å². The monoisotopic (exact) mass is 431 g/mol. The smallest absolute Gasteiger partial charge is 0.264 e. The number of rotatable bonds is 3. The Balaban J connectivity index is 1.66. The molecule has 158 valence electrons.